The molecule has 0 aliphatic rings. The van der Waals surface area contributed by atoms with E-state index in [0.29, 0.717) is 9.34 Å². The summed E-state index contributed by atoms with van der Waals surface area (Å²) >= 11 is 6.88. The number of amides is 1. The van der Waals surface area contributed by atoms with E-state index in [0.717, 1.165) is 16.2 Å². The molecule has 0 bridgehead atoms. The minimum atomic E-state index is -0.902. The smallest absolute Gasteiger partial charge is 0.417 e. The number of carbonyl (C=O) groups is 1. The first kappa shape index (κ1) is 17.1. The highest BCUT2D eigenvalue weighted by atomic mass is 35.5. The molecule has 0 aromatic carbocycles. The van der Waals surface area contributed by atoms with Crippen molar-refractivity contribution < 1.29 is 14.6 Å². The van der Waals surface area contributed by atoms with Gasteiger partial charge in [-0.3, -0.25) is 0 Å². The van der Waals surface area contributed by atoms with E-state index in [4.69, 9.17) is 16.3 Å². The maximum absolute atomic E-state index is 12.1. The molecule has 1 N–H and O–H groups in total. The van der Waals surface area contributed by atoms with Crippen LogP contribution in [0.4, 0.5) is 4.79 Å². The van der Waals surface area contributed by atoms with E-state index in [1.54, 1.807) is 13.8 Å². The second-order valence-electron chi connectivity index (χ2n) is 4.01. The Labute approximate surface area is 129 Å². The van der Waals surface area contributed by atoms with Gasteiger partial charge in [-0.2, -0.15) is 0 Å². The van der Waals surface area contributed by atoms with Crippen LogP contribution < -0.4 is 5.32 Å². The Morgan fingerprint density at radius 3 is 2.81 bits per heavy atom. The highest BCUT2D eigenvalue weighted by Gasteiger charge is 2.25. The molecule has 11 heteroatoms. The van der Waals surface area contributed by atoms with Gasteiger partial charge in [0.15, 0.2) is 9.50 Å². The molecule has 1 aromatic rings. The Balaban J connectivity index is 3.03. The topological polar surface area (TPSA) is 110 Å². The van der Waals surface area contributed by atoms with Crippen molar-refractivity contribution in [1.29, 1.82) is 0 Å². The van der Waals surface area contributed by atoms with Crippen LogP contribution in [0.15, 0.2) is 11.3 Å². The molecule has 0 aliphatic heterocycles. The Morgan fingerprint density at radius 2 is 2.38 bits per heavy atom. The highest BCUT2D eigenvalue weighted by Crippen LogP contribution is 2.20. The summed E-state index contributed by atoms with van der Waals surface area (Å²) in [6.45, 7) is 3.34. The molecule has 0 atom stereocenters. The van der Waals surface area contributed by atoms with Crippen LogP contribution in [-0.4, -0.2) is 40.1 Å². The fraction of sp³-hybridized carbons (Fsp3) is 0.500. The number of thiazole rings is 1. The van der Waals surface area contributed by atoms with Crippen LogP contribution in [0.5, 0.6) is 0 Å². The van der Waals surface area contributed by atoms with Gasteiger partial charge in [-0.05, 0) is 13.8 Å². The largest absolute Gasteiger partial charge is 0.446 e. The molecular formula is C10H14ClN5O4S. The summed E-state index contributed by atoms with van der Waals surface area (Å²) in [4.78, 5) is 28.1. The van der Waals surface area contributed by atoms with Crippen molar-refractivity contribution in [3.8, 4) is 0 Å². The summed E-state index contributed by atoms with van der Waals surface area (Å²) in [7, 11) is 1.41. The predicted molar refractivity (Wildman–Crippen MR) is 77.8 cm³/mol. The molecule has 21 heavy (non-hydrogen) atoms. The monoisotopic (exact) mass is 335 g/mol. The lowest BCUT2D eigenvalue weighted by molar-refractivity contribution is -0.485. The quantitative estimate of drug-likeness (QED) is 0.389. The molecule has 9 nitrogen and oxygen atoms in total. The zero-order valence-electron chi connectivity index (χ0n) is 11.6. The lowest BCUT2D eigenvalue weighted by Crippen LogP contribution is -2.44. The maximum Gasteiger partial charge on any atom is 0.417 e. The van der Waals surface area contributed by atoms with Crippen LogP contribution in [-0.2, 0) is 11.3 Å². The van der Waals surface area contributed by atoms with E-state index >= 15 is 0 Å². The lowest BCUT2D eigenvalue weighted by Gasteiger charge is -2.21. The molecule has 0 unspecified atom stereocenters. The fourth-order valence-corrected chi connectivity index (χ4v) is 2.29. The van der Waals surface area contributed by atoms with Crippen molar-refractivity contribution in [2.45, 2.75) is 26.5 Å². The molecule has 1 rings (SSSR count). The summed E-state index contributed by atoms with van der Waals surface area (Å²) in [5.41, 5.74) is 0. The van der Waals surface area contributed by atoms with Gasteiger partial charge < -0.3 is 10.1 Å². The minimum absolute atomic E-state index is 0.00343. The average molecular weight is 336 g/mol. The number of nitrogens with zero attached hydrogens (tertiary/aromatic N) is 4. The van der Waals surface area contributed by atoms with Gasteiger partial charge in [-0.25, -0.2) is 24.8 Å². The van der Waals surface area contributed by atoms with Crippen LogP contribution in [0.25, 0.3) is 0 Å². The Hall–Kier alpha value is -1.94. The number of nitrogens with one attached hydrogen (secondary N) is 1. The Bertz CT molecular complexity index is 547. The number of guanidine groups is 1. The number of hydrogen-bond donors (Lipinski definition) is 1. The number of aromatic nitrogens is 1. The third-order valence-corrected chi connectivity index (χ3v) is 3.15. The first-order chi connectivity index (χ1) is 9.83. The SMILES string of the molecule is CN/C(=N\[N+](=O)[O-])N(Cc1cnc(Cl)s1)C(=O)OC(C)C. The van der Waals surface area contributed by atoms with E-state index in [9.17, 15) is 14.9 Å². The van der Waals surface area contributed by atoms with Crippen molar-refractivity contribution in [2.24, 2.45) is 5.10 Å². The van der Waals surface area contributed by atoms with Gasteiger partial charge in [0.1, 0.15) is 5.10 Å². The minimum Gasteiger partial charge on any atom is -0.446 e. The number of nitro groups is 1. The number of hydrogen-bond acceptors (Lipinski definition) is 6. The first-order valence-corrected chi connectivity index (χ1v) is 7.02. The van der Waals surface area contributed by atoms with E-state index in [-0.39, 0.29) is 18.6 Å². The fourth-order valence-electron chi connectivity index (χ4n) is 1.32. The van der Waals surface area contributed by atoms with E-state index < -0.39 is 11.1 Å². The van der Waals surface area contributed by atoms with Crippen molar-refractivity contribution in [2.75, 3.05) is 7.05 Å². The zero-order chi connectivity index (χ0) is 16.0. The van der Waals surface area contributed by atoms with Crippen molar-refractivity contribution in [1.82, 2.24) is 15.2 Å². The van der Waals surface area contributed by atoms with E-state index in [1.165, 1.54) is 13.2 Å². The molecule has 0 saturated carbocycles. The van der Waals surface area contributed by atoms with Gasteiger partial charge in [-0.1, -0.05) is 11.6 Å². The van der Waals surface area contributed by atoms with Gasteiger partial charge in [-0.15, -0.1) is 11.3 Å². The molecular weight excluding hydrogens is 322 g/mol. The van der Waals surface area contributed by atoms with E-state index in [2.05, 4.69) is 15.4 Å². The average Bonchev–Trinajstić information content (AvgIpc) is 2.78. The van der Waals surface area contributed by atoms with E-state index in [1.807, 2.05) is 0 Å². The molecule has 0 spiro atoms. The molecule has 0 radical (unpaired) electrons. The second kappa shape index (κ2) is 7.74. The summed E-state index contributed by atoms with van der Waals surface area (Å²) in [5, 5.41) is 15.3. The molecule has 0 saturated heterocycles. The standard InChI is InChI=1S/C10H14ClN5O4S/c1-6(2)20-10(17)15(9(12-3)14-16(18)19)5-7-4-13-8(11)21-7/h4,6H,5H2,1-3H3,(H,12,14). The summed E-state index contributed by atoms with van der Waals surface area (Å²) in [6, 6.07) is 0. The second-order valence-corrected chi connectivity index (χ2v) is 5.71. The Morgan fingerprint density at radius 1 is 1.71 bits per heavy atom. The normalized spacial score (nSPS) is 11.4. The van der Waals surface area contributed by atoms with Crippen molar-refractivity contribution >= 4 is 35.0 Å². The molecule has 0 fully saturated rings. The van der Waals surface area contributed by atoms with Gasteiger partial charge >= 0.3 is 6.09 Å². The molecule has 1 amide bonds. The lowest BCUT2D eigenvalue weighted by atomic mass is 10.4. The predicted octanol–water partition coefficient (Wildman–Crippen LogP) is 1.91. The van der Waals surface area contributed by atoms with Gasteiger partial charge in [0.2, 0.25) is 0 Å². The number of carbonyl (C=O) groups excluding carboxylic acids is 1. The summed E-state index contributed by atoms with van der Waals surface area (Å²) in [5.74, 6) is -0.241. The molecule has 116 valence electrons. The molecule has 1 heterocycles. The number of hydrazone groups is 1. The van der Waals surface area contributed by atoms with Crippen LogP contribution in [0.3, 0.4) is 0 Å². The molecule has 0 aliphatic carbocycles. The van der Waals surface area contributed by atoms with Gasteiger partial charge in [0.05, 0.1) is 12.6 Å². The zero-order valence-corrected chi connectivity index (χ0v) is 13.1. The number of rotatable bonds is 4. The van der Waals surface area contributed by atoms with Crippen LogP contribution in [0.1, 0.15) is 18.7 Å². The Kier molecular flexibility index (Phi) is 6.31. The number of halogens is 1. The van der Waals surface area contributed by atoms with Crippen molar-refractivity contribution in [3.63, 3.8) is 0 Å². The van der Waals surface area contributed by atoms with Crippen LogP contribution in [0, 0.1) is 10.1 Å². The first-order valence-electron chi connectivity index (χ1n) is 5.82. The third-order valence-electron chi connectivity index (χ3n) is 2.05. The summed E-state index contributed by atoms with van der Waals surface area (Å²) < 4.78 is 5.36. The maximum atomic E-state index is 12.1. The van der Waals surface area contributed by atoms with Gasteiger partial charge in [0.25, 0.3) is 5.96 Å². The van der Waals surface area contributed by atoms with Crippen LogP contribution >= 0.6 is 22.9 Å². The molecule has 1 aromatic heterocycles. The third kappa shape index (κ3) is 5.52. The highest BCUT2D eigenvalue weighted by molar-refractivity contribution is 7.15. The summed E-state index contributed by atoms with van der Waals surface area (Å²) in [6.07, 6.45) is 0.338. The van der Waals surface area contributed by atoms with Crippen LogP contribution in [0.2, 0.25) is 4.47 Å². The van der Waals surface area contributed by atoms with Gasteiger partial charge in [0, 0.05) is 18.1 Å². The number of ether oxygens (including phenoxy) is 1. The van der Waals surface area contributed by atoms with Crippen molar-refractivity contribution in [3.05, 3.63) is 25.7 Å².